The van der Waals surface area contributed by atoms with Gasteiger partial charge in [0.15, 0.2) is 0 Å². The number of ether oxygens (including phenoxy) is 1. The standard InChI is InChI=1S/C9H15F4NO4S/c1-3-6(2)7(15)18-5-4-14-19(16,17)9(12,13)8(10)11/h6,8,14H,3-5H2,1-2H3. The summed E-state index contributed by atoms with van der Waals surface area (Å²) in [6.45, 7) is 2.07. The Morgan fingerprint density at radius 1 is 1.37 bits per heavy atom. The van der Waals surface area contributed by atoms with Crippen LogP contribution < -0.4 is 4.72 Å². The number of carbonyl (C=O) groups is 1. The van der Waals surface area contributed by atoms with Crippen molar-refractivity contribution in [3.63, 3.8) is 0 Å². The summed E-state index contributed by atoms with van der Waals surface area (Å²) in [7, 11) is -5.51. The minimum absolute atomic E-state index is 0.417. The molecule has 0 aromatic rings. The molecule has 0 amide bonds. The molecule has 0 aliphatic heterocycles. The molecule has 19 heavy (non-hydrogen) atoms. The van der Waals surface area contributed by atoms with Crippen molar-refractivity contribution in [3.8, 4) is 0 Å². The quantitative estimate of drug-likeness (QED) is 0.417. The molecule has 0 aromatic heterocycles. The summed E-state index contributed by atoms with van der Waals surface area (Å²) in [5.74, 6) is -1.04. The zero-order chi connectivity index (χ0) is 15.3. The third-order valence-electron chi connectivity index (χ3n) is 2.27. The van der Waals surface area contributed by atoms with Crippen LogP contribution >= 0.6 is 0 Å². The number of alkyl halides is 4. The third-order valence-corrected chi connectivity index (χ3v) is 3.74. The molecule has 0 aliphatic rings. The normalized spacial score (nSPS) is 14.5. The molecule has 1 atom stereocenters. The molecule has 0 rings (SSSR count). The molecule has 0 radical (unpaired) electrons. The fourth-order valence-corrected chi connectivity index (χ4v) is 1.63. The van der Waals surface area contributed by atoms with E-state index >= 15 is 0 Å². The summed E-state index contributed by atoms with van der Waals surface area (Å²) in [6, 6.07) is 0. The SMILES string of the molecule is CCC(C)C(=O)OCCNS(=O)(=O)C(F)(F)C(F)F. The van der Waals surface area contributed by atoms with E-state index in [2.05, 4.69) is 4.74 Å². The van der Waals surface area contributed by atoms with Gasteiger partial charge in [-0.2, -0.15) is 8.78 Å². The minimum Gasteiger partial charge on any atom is -0.464 e. The van der Waals surface area contributed by atoms with Gasteiger partial charge in [0.25, 0.3) is 10.0 Å². The highest BCUT2D eigenvalue weighted by Gasteiger charge is 2.53. The Hall–Kier alpha value is -0.900. The predicted octanol–water partition coefficient (Wildman–Crippen LogP) is 1.35. The molecule has 5 nitrogen and oxygen atoms in total. The lowest BCUT2D eigenvalue weighted by molar-refractivity contribution is -0.147. The third kappa shape index (κ3) is 4.94. The van der Waals surface area contributed by atoms with Crippen LogP contribution in [0.2, 0.25) is 0 Å². The van der Waals surface area contributed by atoms with Crippen molar-refractivity contribution >= 4 is 16.0 Å². The molecule has 1 N–H and O–H groups in total. The molecule has 0 bridgehead atoms. The summed E-state index contributed by atoms with van der Waals surface area (Å²) < 4.78 is 76.4. The zero-order valence-electron chi connectivity index (χ0n) is 10.3. The average Bonchev–Trinajstić information content (AvgIpc) is 2.32. The topological polar surface area (TPSA) is 72.5 Å². The number of nitrogens with one attached hydrogen (secondary N) is 1. The molecule has 0 fully saturated rings. The van der Waals surface area contributed by atoms with Crippen molar-refractivity contribution in [2.75, 3.05) is 13.2 Å². The lowest BCUT2D eigenvalue weighted by atomic mass is 10.1. The van der Waals surface area contributed by atoms with Gasteiger partial charge in [-0.05, 0) is 6.42 Å². The summed E-state index contributed by atoms with van der Waals surface area (Å²) >= 11 is 0. The van der Waals surface area contributed by atoms with E-state index in [1.165, 1.54) is 4.72 Å². The van der Waals surface area contributed by atoms with Crippen LogP contribution in [-0.4, -0.2) is 39.2 Å². The van der Waals surface area contributed by atoms with Crippen LogP contribution in [0.4, 0.5) is 17.6 Å². The van der Waals surface area contributed by atoms with E-state index in [-0.39, 0.29) is 0 Å². The van der Waals surface area contributed by atoms with Crippen molar-refractivity contribution < 1.29 is 35.5 Å². The Morgan fingerprint density at radius 3 is 2.32 bits per heavy atom. The van der Waals surface area contributed by atoms with Gasteiger partial charge in [-0.3, -0.25) is 4.79 Å². The van der Waals surface area contributed by atoms with E-state index in [4.69, 9.17) is 0 Å². The molecule has 0 saturated heterocycles. The Morgan fingerprint density at radius 2 is 1.89 bits per heavy atom. The van der Waals surface area contributed by atoms with E-state index < -0.39 is 46.7 Å². The van der Waals surface area contributed by atoms with Crippen LogP contribution in [0.15, 0.2) is 0 Å². The molecule has 0 saturated carbocycles. The van der Waals surface area contributed by atoms with Gasteiger partial charge in [0, 0.05) is 6.54 Å². The summed E-state index contributed by atoms with van der Waals surface area (Å²) in [6.07, 6.45) is -3.85. The number of hydrogen-bond donors (Lipinski definition) is 1. The van der Waals surface area contributed by atoms with Crippen molar-refractivity contribution in [2.45, 2.75) is 31.9 Å². The summed E-state index contributed by atoms with van der Waals surface area (Å²) in [4.78, 5) is 11.1. The molecular weight excluding hydrogens is 294 g/mol. The lowest BCUT2D eigenvalue weighted by Crippen LogP contribution is -2.45. The van der Waals surface area contributed by atoms with Crippen LogP contribution in [0.1, 0.15) is 20.3 Å². The van der Waals surface area contributed by atoms with Gasteiger partial charge in [0.1, 0.15) is 6.61 Å². The fraction of sp³-hybridized carbons (Fsp3) is 0.889. The monoisotopic (exact) mass is 309 g/mol. The van der Waals surface area contributed by atoms with Crippen LogP contribution in [0.25, 0.3) is 0 Å². The smallest absolute Gasteiger partial charge is 0.417 e. The first kappa shape index (κ1) is 18.1. The van der Waals surface area contributed by atoms with Gasteiger partial charge in [-0.15, -0.1) is 0 Å². The van der Waals surface area contributed by atoms with Crippen molar-refractivity contribution in [1.29, 1.82) is 0 Å². The first-order valence-corrected chi connectivity index (χ1v) is 6.86. The van der Waals surface area contributed by atoms with E-state index in [0.717, 1.165) is 0 Å². The molecule has 114 valence electrons. The van der Waals surface area contributed by atoms with Crippen molar-refractivity contribution in [1.82, 2.24) is 4.72 Å². The predicted molar refractivity (Wildman–Crippen MR) is 58.3 cm³/mol. The lowest BCUT2D eigenvalue weighted by Gasteiger charge is -2.16. The largest absolute Gasteiger partial charge is 0.464 e. The highest BCUT2D eigenvalue weighted by atomic mass is 32.2. The van der Waals surface area contributed by atoms with E-state index in [0.29, 0.717) is 6.42 Å². The number of rotatable bonds is 8. The minimum atomic E-state index is -5.51. The van der Waals surface area contributed by atoms with Crippen LogP contribution in [0.5, 0.6) is 0 Å². The second-order valence-electron chi connectivity index (χ2n) is 3.74. The second-order valence-corrected chi connectivity index (χ2v) is 5.58. The van der Waals surface area contributed by atoms with Gasteiger partial charge in [0.2, 0.25) is 0 Å². The number of sulfonamides is 1. The maximum absolute atomic E-state index is 12.6. The van der Waals surface area contributed by atoms with Crippen molar-refractivity contribution in [3.05, 3.63) is 0 Å². The molecule has 0 spiro atoms. The molecule has 10 heteroatoms. The molecule has 0 aliphatic carbocycles. The number of halogens is 4. The summed E-state index contributed by atoms with van der Waals surface area (Å²) in [5.41, 5.74) is 0. The molecule has 0 aromatic carbocycles. The van der Waals surface area contributed by atoms with E-state index in [9.17, 15) is 30.8 Å². The molecule has 1 unspecified atom stereocenters. The summed E-state index contributed by atoms with van der Waals surface area (Å²) in [5, 5.41) is -5.19. The van der Waals surface area contributed by atoms with Gasteiger partial charge < -0.3 is 4.74 Å². The molecule has 0 heterocycles. The highest BCUT2D eigenvalue weighted by molar-refractivity contribution is 7.90. The Labute approximate surface area is 108 Å². The van der Waals surface area contributed by atoms with Crippen LogP contribution in [0, 0.1) is 5.92 Å². The highest BCUT2D eigenvalue weighted by Crippen LogP contribution is 2.28. The Bertz CT molecular complexity index is 399. The van der Waals surface area contributed by atoms with Gasteiger partial charge in [0.05, 0.1) is 5.92 Å². The fourth-order valence-electron chi connectivity index (χ4n) is 0.850. The molecular formula is C9H15F4NO4S. The number of hydrogen-bond acceptors (Lipinski definition) is 4. The van der Waals surface area contributed by atoms with Crippen LogP contribution in [-0.2, 0) is 19.6 Å². The first-order valence-electron chi connectivity index (χ1n) is 5.38. The van der Waals surface area contributed by atoms with Gasteiger partial charge in [-0.1, -0.05) is 13.8 Å². The zero-order valence-corrected chi connectivity index (χ0v) is 11.1. The second kappa shape index (κ2) is 7.04. The van der Waals surface area contributed by atoms with Gasteiger partial charge in [-0.25, -0.2) is 21.9 Å². The van der Waals surface area contributed by atoms with Gasteiger partial charge >= 0.3 is 17.6 Å². The van der Waals surface area contributed by atoms with Crippen molar-refractivity contribution in [2.24, 2.45) is 5.92 Å². The number of carbonyl (C=O) groups excluding carboxylic acids is 1. The van der Waals surface area contributed by atoms with Crippen LogP contribution in [0.3, 0.4) is 0 Å². The maximum Gasteiger partial charge on any atom is 0.417 e. The Balaban J connectivity index is 4.26. The van der Waals surface area contributed by atoms with E-state index in [1.807, 2.05) is 0 Å². The average molecular weight is 309 g/mol. The van der Waals surface area contributed by atoms with E-state index in [1.54, 1.807) is 13.8 Å². The number of esters is 1. The Kier molecular flexibility index (Phi) is 6.70. The maximum atomic E-state index is 12.6. The first-order chi connectivity index (χ1) is 8.56.